The van der Waals surface area contributed by atoms with Gasteiger partial charge in [0.25, 0.3) is 0 Å². The van der Waals surface area contributed by atoms with E-state index in [2.05, 4.69) is 37.8 Å². The zero-order valence-corrected chi connectivity index (χ0v) is 14.3. The molecule has 0 atom stereocenters. The molecule has 0 fully saturated rings. The van der Waals surface area contributed by atoms with Crippen molar-refractivity contribution >= 4 is 32.7 Å². The number of phenolic OH excluding ortho intramolecular Hbond substituents is 1. The minimum atomic E-state index is -0.00531. The van der Waals surface area contributed by atoms with Crippen LogP contribution in [0.5, 0.6) is 11.5 Å². The first-order valence-electron chi connectivity index (χ1n) is 6.64. The van der Waals surface area contributed by atoms with Gasteiger partial charge in [-0.05, 0) is 41.1 Å². The van der Waals surface area contributed by atoms with E-state index in [0.717, 1.165) is 0 Å². The molecule has 1 heterocycles. The molecule has 0 unspecified atom stereocenters. The van der Waals surface area contributed by atoms with Gasteiger partial charge in [-0.3, -0.25) is 0 Å². The lowest BCUT2D eigenvalue weighted by Gasteiger charge is -2.11. The molecule has 2 aromatic rings. The number of allylic oxidation sites excluding steroid dienone is 4. The van der Waals surface area contributed by atoms with Gasteiger partial charge in [0.1, 0.15) is 17.9 Å². The van der Waals surface area contributed by atoms with Crippen molar-refractivity contribution in [1.82, 2.24) is 9.97 Å². The topological polar surface area (TPSA) is 87.5 Å². The Bertz CT molecular complexity index is 812. The third-order valence-corrected chi connectivity index (χ3v) is 3.85. The lowest BCUT2D eigenvalue weighted by molar-refractivity contribution is 0.374. The van der Waals surface area contributed by atoms with Crippen LogP contribution in [0.2, 0.25) is 0 Å². The second-order valence-electron chi connectivity index (χ2n) is 4.63. The fraction of sp³-hybridized carbons (Fsp3) is 0.125. The minimum Gasteiger partial charge on any atom is -0.511 e. The zero-order valence-electron chi connectivity index (χ0n) is 12.7. The predicted molar refractivity (Wildman–Crippen MR) is 93.9 cm³/mol. The first kappa shape index (κ1) is 16.8. The molecule has 0 amide bonds. The van der Waals surface area contributed by atoms with E-state index in [1.807, 2.05) is 0 Å². The fourth-order valence-corrected chi connectivity index (χ4v) is 2.11. The van der Waals surface area contributed by atoms with Crippen LogP contribution >= 0.6 is 15.9 Å². The largest absolute Gasteiger partial charge is 0.511 e. The number of aliphatic hydroxyl groups is 1. The summed E-state index contributed by atoms with van der Waals surface area (Å²) in [7, 11) is 1.47. The predicted octanol–water partition coefficient (Wildman–Crippen LogP) is 4.01. The van der Waals surface area contributed by atoms with Crippen molar-refractivity contribution in [2.24, 2.45) is 0 Å². The Morgan fingerprint density at radius 3 is 2.74 bits per heavy atom. The molecule has 0 aliphatic heterocycles. The normalized spacial score (nSPS) is 12.7. The number of nitrogens with one attached hydrogen (secondary N) is 1. The van der Waals surface area contributed by atoms with Gasteiger partial charge in [0.05, 0.1) is 17.1 Å². The Hall–Kier alpha value is -2.54. The second kappa shape index (κ2) is 7.15. The van der Waals surface area contributed by atoms with E-state index < -0.39 is 0 Å². The summed E-state index contributed by atoms with van der Waals surface area (Å²) < 4.78 is 5.59. The quantitative estimate of drug-likeness (QED) is 0.538. The maximum Gasteiger partial charge on any atom is 0.162 e. The van der Waals surface area contributed by atoms with Crippen LogP contribution in [0.25, 0.3) is 10.9 Å². The molecule has 0 bridgehead atoms. The number of phenols is 1. The first-order valence-corrected chi connectivity index (χ1v) is 7.43. The number of halogens is 1. The molecular formula is C16H16BrN3O3. The Labute approximate surface area is 142 Å². The van der Waals surface area contributed by atoms with Crippen molar-refractivity contribution in [3.05, 3.63) is 53.1 Å². The highest BCUT2D eigenvalue weighted by Crippen LogP contribution is 2.33. The monoisotopic (exact) mass is 377 g/mol. The third kappa shape index (κ3) is 3.81. The smallest absolute Gasteiger partial charge is 0.162 e. The number of ether oxygens (including phenoxy) is 1. The van der Waals surface area contributed by atoms with Crippen LogP contribution in [0, 0.1) is 0 Å². The molecule has 6 nitrogen and oxygen atoms in total. The highest BCUT2D eigenvalue weighted by molar-refractivity contribution is 9.11. The van der Waals surface area contributed by atoms with Crippen LogP contribution < -0.4 is 10.1 Å². The Kier molecular flexibility index (Phi) is 5.23. The number of aliphatic hydroxyl groups excluding tert-OH is 1. The molecule has 3 N–H and O–H groups in total. The van der Waals surface area contributed by atoms with E-state index in [0.29, 0.717) is 32.6 Å². The number of hydrogen-bond donors (Lipinski definition) is 3. The lowest BCUT2D eigenvalue weighted by atomic mass is 10.2. The molecule has 0 spiro atoms. The summed E-state index contributed by atoms with van der Waals surface area (Å²) in [6.07, 6.45) is 4.66. The molecule has 7 heteroatoms. The van der Waals surface area contributed by atoms with Gasteiger partial charge in [0, 0.05) is 17.1 Å². The number of aromatic nitrogens is 2. The van der Waals surface area contributed by atoms with Gasteiger partial charge in [0.15, 0.2) is 11.5 Å². The summed E-state index contributed by atoms with van der Waals surface area (Å²) in [5.41, 5.74) is 1.23. The van der Waals surface area contributed by atoms with E-state index in [4.69, 9.17) is 4.74 Å². The molecule has 23 heavy (non-hydrogen) atoms. The molecule has 0 radical (unpaired) electrons. The lowest BCUT2D eigenvalue weighted by Crippen LogP contribution is -2.01. The number of anilines is 1. The van der Waals surface area contributed by atoms with Gasteiger partial charge >= 0.3 is 0 Å². The number of fused-ring (bicyclic) bond motifs is 1. The van der Waals surface area contributed by atoms with Crippen molar-refractivity contribution < 1.29 is 14.9 Å². The van der Waals surface area contributed by atoms with Gasteiger partial charge in [-0.25, -0.2) is 9.97 Å². The average Bonchev–Trinajstić information content (AvgIpc) is 2.53. The van der Waals surface area contributed by atoms with Gasteiger partial charge in [0.2, 0.25) is 0 Å². The summed E-state index contributed by atoms with van der Waals surface area (Å²) in [5, 5.41) is 23.1. The maximum atomic E-state index is 9.95. The molecule has 1 aromatic carbocycles. The van der Waals surface area contributed by atoms with Crippen molar-refractivity contribution in [3.63, 3.8) is 0 Å². The molecule has 0 saturated heterocycles. The number of rotatable bonds is 5. The molecule has 0 aliphatic rings. The van der Waals surface area contributed by atoms with Crippen LogP contribution in [0.15, 0.2) is 53.1 Å². The highest BCUT2D eigenvalue weighted by Gasteiger charge is 2.10. The fourth-order valence-electron chi connectivity index (χ4n) is 1.86. The van der Waals surface area contributed by atoms with E-state index >= 15 is 0 Å². The summed E-state index contributed by atoms with van der Waals surface area (Å²) in [6, 6.07) is 3.15. The molecule has 120 valence electrons. The molecule has 2 rings (SSSR count). The van der Waals surface area contributed by atoms with Gasteiger partial charge in [-0.2, -0.15) is 0 Å². The van der Waals surface area contributed by atoms with E-state index in [1.54, 1.807) is 25.1 Å². The summed E-state index contributed by atoms with van der Waals surface area (Å²) >= 11 is 3.25. The van der Waals surface area contributed by atoms with Crippen LogP contribution in [0.4, 0.5) is 5.82 Å². The second-order valence-corrected chi connectivity index (χ2v) is 5.48. The maximum absolute atomic E-state index is 9.95. The SMILES string of the molecule is C=C/C(=C\C(Br)=C(/C)O)Nc1ncnc2cc(OC)c(O)cc12. The van der Waals surface area contributed by atoms with Gasteiger partial charge < -0.3 is 20.3 Å². The van der Waals surface area contributed by atoms with Crippen LogP contribution in [0.3, 0.4) is 0 Å². The Balaban J connectivity index is 2.49. The summed E-state index contributed by atoms with van der Waals surface area (Å²) in [6.45, 7) is 5.29. The van der Waals surface area contributed by atoms with Crippen molar-refractivity contribution in [2.45, 2.75) is 6.92 Å². The Morgan fingerprint density at radius 1 is 1.39 bits per heavy atom. The molecule has 0 saturated carbocycles. The van der Waals surface area contributed by atoms with E-state index in [-0.39, 0.29) is 11.5 Å². The van der Waals surface area contributed by atoms with Crippen LogP contribution in [-0.4, -0.2) is 27.3 Å². The van der Waals surface area contributed by atoms with Crippen molar-refractivity contribution in [1.29, 1.82) is 0 Å². The third-order valence-electron chi connectivity index (χ3n) is 3.05. The van der Waals surface area contributed by atoms with Crippen LogP contribution in [0.1, 0.15) is 6.92 Å². The molecular weight excluding hydrogens is 362 g/mol. The number of benzene rings is 1. The van der Waals surface area contributed by atoms with Crippen LogP contribution in [-0.2, 0) is 0 Å². The van der Waals surface area contributed by atoms with E-state index in [1.165, 1.54) is 19.5 Å². The summed E-state index contributed by atoms with van der Waals surface area (Å²) in [4.78, 5) is 8.35. The standard InChI is InChI=1S/C16H16BrN3O3/c1-4-10(5-12(17)9(2)21)20-16-11-6-14(22)15(23-3)7-13(11)18-8-19-16/h4-8,21-22H,1H2,2-3H3,(H,18,19,20)/b10-5+,12-9-. The van der Waals surface area contributed by atoms with E-state index in [9.17, 15) is 10.2 Å². The summed E-state index contributed by atoms with van der Waals surface area (Å²) in [5.74, 6) is 0.966. The molecule has 0 aliphatic carbocycles. The number of methoxy groups -OCH3 is 1. The van der Waals surface area contributed by atoms with Crippen molar-refractivity contribution in [3.8, 4) is 11.5 Å². The van der Waals surface area contributed by atoms with Gasteiger partial charge in [-0.1, -0.05) is 6.58 Å². The first-order chi connectivity index (χ1) is 11.0. The number of hydrogen-bond acceptors (Lipinski definition) is 6. The zero-order chi connectivity index (χ0) is 17.0. The highest BCUT2D eigenvalue weighted by atomic mass is 79.9. The number of aromatic hydroxyl groups is 1. The molecule has 1 aromatic heterocycles. The Morgan fingerprint density at radius 2 is 2.13 bits per heavy atom. The minimum absolute atomic E-state index is 0.00531. The van der Waals surface area contributed by atoms with Crippen molar-refractivity contribution in [2.75, 3.05) is 12.4 Å². The number of nitrogens with zero attached hydrogens (tertiary/aromatic N) is 2. The van der Waals surface area contributed by atoms with Gasteiger partial charge in [-0.15, -0.1) is 0 Å². The average molecular weight is 378 g/mol.